The standard InChI is InChI=1S/C6H8NO3P/c1-7-5-3-2-4-6(7)11(8,9)10/h2-5H,1H3,(H-,8,9,10)/p+1. The number of aryl methyl sites for hydroxylation is 1. The highest BCUT2D eigenvalue weighted by Crippen LogP contribution is 2.30. The monoisotopic (exact) mass is 174 g/mol. The van der Waals surface area contributed by atoms with Gasteiger partial charge in [-0.25, -0.2) is 4.57 Å². The summed E-state index contributed by atoms with van der Waals surface area (Å²) in [5.41, 5.74) is 0.0278. The largest absolute Gasteiger partial charge is 0.419 e. The molecule has 1 aromatic rings. The number of aromatic nitrogens is 1. The topological polar surface area (TPSA) is 61.4 Å². The zero-order valence-electron chi connectivity index (χ0n) is 6.01. The molecule has 1 heterocycles. The van der Waals surface area contributed by atoms with E-state index < -0.39 is 7.60 Å². The van der Waals surface area contributed by atoms with Crippen molar-refractivity contribution in [2.75, 3.05) is 0 Å². The molecule has 2 N–H and O–H groups in total. The first kappa shape index (κ1) is 8.40. The molecule has 0 amide bonds. The molecule has 0 aliphatic rings. The van der Waals surface area contributed by atoms with Crippen LogP contribution in [0.2, 0.25) is 0 Å². The van der Waals surface area contributed by atoms with Crippen LogP contribution < -0.4 is 10.0 Å². The van der Waals surface area contributed by atoms with Crippen LogP contribution in [0.5, 0.6) is 0 Å². The fourth-order valence-corrected chi connectivity index (χ4v) is 1.57. The quantitative estimate of drug-likeness (QED) is 0.437. The second-order valence-corrected chi connectivity index (χ2v) is 3.76. The molecule has 0 saturated carbocycles. The molecule has 5 heteroatoms. The lowest BCUT2D eigenvalue weighted by atomic mass is 10.5. The van der Waals surface area contributed by atoms with Gasteiger partial charge in [-0.2, -0.15) is 4.57 Å². The molecule has 0 aliphatic carbocycles. The number of hydrogen-bond donors (Lipinski definition) is 2. The first-order valence-electron chi connectivity index (χ1n) is 3.02. The number of nitrogens with zero attached hydrogens (tertiary/aromatic N) is 1. The Morgan fingerprint density at radius 2 is 2.09 bits per heavy atom. The summed E-state index contributed by atoms with van der Waals surface area (Å²) in [5.74, 6) is 0. The van der Waals surface area contributed by atoms with Gasteiger partial charge in [0, 0.05) is 12.1 Å². The average Bonchev–Trinajstić information content (AvgIpc) is 1.86. The van der Waals surface area contributed by atoms with E-state index in [9.17, 15) is 4.57 Å². The van der Waals surface area contributed by atoms with E-state index in [4.69, 9.17) is 9.79 Å². The predicted octanol–water partition coefficient (Wildman–Crippen LogP) is -0.686. The summed E-state index contributed by atoms with van der Waals surface area (Å²) in [4.78, 5) is 17.5. The lowest BCUT2D eigenvalue weighted by Gasteiger charge is -1.99. The Morgan fingerprint density at radius 3 is 2.45 bits per heavy atom. The normalized spacial score (nSPS) is 11.5. The van der Waals surface area contributed by atoms with Crippen LogP contribution in [0.3, 0.4) is 0 Å². The highest BCUT2D eigenvalue weighted by Gasteiger charge is 2.26. The molecule has 60 valence electrons. The zero-order valence-corrected chi connectivity index (χ0v) is 6.90. The van der Waals surface area contributed by atoms with E-state index in [0.29, 0.717) is 0 Å². The summed E-state index contributed by atoms with van der Waals surface area (Å²) in [7, 11) is -2.50. The Labute approximate surface area is 64.3 Å². The van der Waals surface area contributed by atoms with Crippen molar-refractivity contribution >= 4 is 13.0 Å². The molecule has 0 fully saturated rings. The van der Waals surface area contributed by atoms with E-state index in [2.05, 4.69) is 0 Å². The second-order valence-electron chi connectivity index (χ2n) is 2.21. The fourth-order valence-electron chi connectivity index (χ4n) is 0.817. The minimum Gasteiger partial charge on any atom is -0.317 e. The minimum atomic E-state index is -4.09. The molecule has 1 aromatic heterocycles. The van der Waals surface area contributed by atoms with Gasteiger partial charge in [-0.05, 0) is 6.07 Å². The van der Waals surface area contributed by atoms with Crippen molar-refractivity contribution in [2.45, 2.75) is 0 Å². The van der Waals surface area contributed by atoms with Crippen molar-refractivity contribution < 1.29 is 18.9 Å². The summed E-state index contributed by atoms with van der Waals surface area (Å²) < 4.78 is 12.1. The molecule has 0 spiro atoms. The summed E-state index contributed by atoms with van der Waals surface area (Å²) in [6.07, 6.45) is 1.59. The maximum absolute atomic E-state index is 10.7. The van der Waals surface area contributed by atoms with Crippen LogP contribution in [0.15, 0.2) is 24.4 Å². The zero-order chi connectivity index (χ0) is 8.48. The van der Waals surface area contributed by atoms with Crippen LogP contribution in [0.4, 0.5) is 0 Å². The van der Waals surface area contributed by atoms with Crippen LogP contribution in [0, 0.1) is 0 Å². The number of rotatable bonds is 1. The van der Waals surface area contributed by atoms with Gasteiger partial charge in [-0.3, -0.25) is 0 Å². The highest BCUT2D eigenvalue weighted by atomic mass is 31.2. The Balaban J connectivity index is 3.25. The summed E-state index contributed by atoms with van der Waals surface area (Å²) in [6.45, 7) is 0. The second kappa shape index (κ2) is 2.74. The van der Waals surface area contributed by atoms with Crippen LogP contribution in [0.25, 0.3) is 0 Å². The molecule has 0 unspecified atom stereocenters. The van der Waals surface area contributed by atoms with E-state index in [1.807, 2.05) is 0 Å². The first-order valence-corrected chi connectivity index (χ1v) is 4.64. The Kier molecular flexibility index (Phi) is 2.09. The maximum Gasteiger partial charge on any atom is 0.419 e. The molecule has 0 aliphatic heterocycles. The SMILES string of the molecule is C[n+]1ccccc1P(=O)(O)O. The molecule has 11 heavy (non-hydrogen) atoms. The van der Waals surface area contributed by atoms with Gasteiger partial charge in [0.15, 0.2) is 6.20 Å². The van der Waals surface area contributed by atoms with Crippen molar-refractivity contribution in [3.63, 3.8) is 0 Å². The van der Waals surface area contributed by atoms with Crippen molar-refractivity contribution in [1.29, 1.82) is 0 Å². The number of hydrogen-bond acceptors (Lipinski definition) is 1. The lowest BCUT2D eigenvalue weighted by molar-refractivity contribution is -0.654. The highest BCUT2D eigenvalue weighted by molar-refractivity contribution is 7.59. The van der Waals surface area contributed by atoms with Gasteiger partial charge in [-0.1, -0.05) is 0 Å². The van der Waals surface area contributed by atoms with Crippen LogP contribution in [0.1, 0.15) is 0 Å². The van der Waals surface area contributed by atoms with Crippen molar-refractivity contribution in [3.8, 4) is 0 Å². The van der Waals surface area contributed by atoms with Gasteiger partial charge in [0.1, 0.15) is 7.05 Å². The van der Waals surface area contributed by atoms with E-state index in [0.717, 1.165) is 0 Å². The lowest BCUT2D eigenvalue weighted by Crippen LogP contribution is -2.44. The molecule has 0 bridgehead atoms. The van der Waals surface area contributed by atoms with E-state index in [1.165, 1.54) is 10.6 Å². The van der Waals surface area contributed by atoms with Crippen LogP contribution in [-0.2, 0) is 11.6 Å². The summed E-state index contributed by atoms with van der Waals surface area (Å²) in [6, 6.07) is 4.70. The van der Waals surface area contributed by atoms with Gasteiger partial charge in [-0.15, -0.1) is 0 Å². The van der Waals surface area contributed by atoms with Crippen molar-refractivity contribution in [3.05, 3.63) is 24.4 Å². The van der Waals surface area contributed by atoms with Crippen LogP contribution >= 0.6 is 7.60 Å². The molecule has 0 saturated heterocycles. The third kappa shape index (κ3) is 1.87. The van der Waals surface area contributed by atoms with Gasteiger partial charge in [0.2, 0.25) is 0 Å². The Bertz CT molecular complexity index is 306. The molecule has 4 nitrogen and oxygen atoms in total. The smallest absolute Gasteiger partial charge is 0.317 e. The third-order valence-electron chi connectivity index (χ3n) is 1.33. The molecule has 1 rings (SSSR count). The molecular formula is C6H9NO3P+. The predicted molar refractivity (Wildman–Crippen MR) is 39.3 cm³/mol. The third-order valence-corrected chi connectivity index (χ3v) is 2.39. The van der Waals surface area contributed by atoms with Gasteiger partial charge in [0.25, 0.3) is 5.44 Å². The Morgan fingerprint density at radius 1 is 1.45 bits per heavy atom. The van der Waals surface area contributed by atoms with Gasteiger partial charge in [0.05, 0.1) is 0 Å². The van der Waals surface area contributed by atoms with E-state index in [-0.39, 0.29) is 5.44 Å². The van der Waals surface area contributed by atoms with Gasteiger partial charge >= 0.3 is 7.60 Å². The molecule has 0 atom stereocenters. The maximum atomic E-state index is 10.7. The number of pyridine rings is 1. The fraction of sp³-hybridized carbons (Fsp3) is 0.167. The molecular weight excluding hydrogens is 165 g/mol. The van der Waals surface area contributed by atoms with Gasteiger partial charge < -0.3 is 9.79 Å². The molecule has 0 aromatic carbocycles. The summed E-state index contributed by atoms with van der Waals surface area (Å²) >= 11 is 0. The minimum absolute atomic E-state index is 0.0278. The van der Waals surface area contributed by atoms with Crippen LogP contribution in [-0.4, -0.2) is 9.79 Å². The van der Waals surface area contributed by atoms with Crippen molar-refractivity contribution in [1.82, 2.24) is 0 Å². The average molecular weight is 174 g/mol. The summed E-state index contributed by atoms with van der Waals surface area (Å²) in [5, 5.41) is 0. The Hall–Kier alpha value is -0.700. The molecule has 0 radical (unpaired) electrons. The van der Waals surface area contributed by atoms with Crippen molar-refractivity contribution in [2.24, 2.45) is 7.05 Å². The van der Waals surface area contributed by atoms with E-state index in [1.54, 1.807) is 25.4 Å². The first-order chi connectivity index (χ1) is 5.02. The van der Waals surface area contributed by atoms with E-state index >= 15 is 0 Å².